The number of thiophene rings is 1. The van der Waals surface area contributed by atoms with Gasteiger partial charge >= 0.3 is 6.18 Å². The van der Waals surface area contributed by atoms with E-state index in [9.17, 15) is 18.0 Å². The van der Waals surface area contributed by atoms with Gasteiger partial charge in [0.05, 0.1) is 24.3 Å². The molecule has 0 atom stereocenters. The van der Waals surface area contributed by atoms with Crippen LogP contribution in [0.3, 0.4) is 0 Å². The Morgan fingerprint density at radius 1 is 1.25 bits per heavy atom. The van der Waals surface area contributed by atoms with Crippen molar-refractivity contribution in [2.75, 3.05) is 25.6 Å². The standard InChI is InChI=1S/C16H16F3NO3S/c1-22-6-7-23-14-5-4-11(16(17,18)19)9-13(14)20-15(21)10-12-3-2-8-24-12/h2-5,8-9H,6-7,10H2,1H3,(H,20,21). The Morgan fingerprint density at radius 2 is 2.04 bits per heavy atom. The first-order valence-corrected chi connectivity index (χ1v) is 7.93. The van der Waals surface area contributed by atoms with Gasteiger partial charge in [0.2, 0.25) is 5.91 Å². The average Bonchev–Trinajstić information content (AvgIpc) is 3.00. The maximum atomic E-state index is 12.9. The van der Waals surface area contributed by atoms with E-state index in [0.717, 1.165) is 17.0 Å². The van der Waals surface area contributed by atoms with Crippen LogP contribution in [0.25, 0.3) is 0 Å². The fraction of sp³-hybridized carbons (Fsp3) is 0.312. The molecule has 1 N–H and O–H groups in total. The summed E-state index contributed by atoms with van der Waals surface area (Å²) in [5, 5.41) is 4.32. The lowest BCUT2D eigenvalue weighted by atomic mass is 10.1. The average molecular weight is 359 g/mol. The molecule has 130 valence electrons. The highest BCUT2D eigenvalue weighted by molar-refractivity contribution is 7.10. The van der Waals surface area contributed by atoms with Crippen molar-refractivity contribution in [2.45, 2.75) is 12.6 Å². The largest absolute Gasteiger partial charge is 0.489 e. The van der Waals surface area contributed by atoms with Crippen molar-refractivity contribution in [1.29, 1.82) is 0 Å². The first kappa shape index (κ1) is 18.3. The summed E-state index contributed by atoms with van der Waals surface area (Å²) in [6.07, 6.45) is -4.41. The van der Waals surface area contributed by atoms with Crippen LogP contribution in [0.5, 0.6) is 5.75 Å². The molecule has 8 heteroatoms. The molecule has 2 rings (SSSR count). The summed E-state index contributed by atoms with van der Waals surface area (Å²) < 4.78 is 48.8. The summed E-state index contributed by atoms with van der Waals surface area (Å²) >= 11 is 1.40. The Balaban J connectivity index is 2.17. The van der Waals surface area contributed by atoms with Gasteiger partial charge in [0.1, 0.15) is 12.4 Å². The Hall–Kier alpha value is -2.06. The molecule has 2 aromatic rings. The van der Waals surface area contributed by atoms with Gasteiger partial charge in [0, 0.05) is 12.0 Å². The minimum atomic E-state index is -4.50. The minimum absolute atomic E-state index is 0.0116. The summed E-state index contributed by atoms with van der Waals surface area (Å²) in [5.41, 5.74) is -0.865. The van der Waals surface area contributed by atoms with Crippen molar-refractivity contribution in [3.8, 4) is 5.75 Å². The van der Waals surface area contributed by atoms with Gasteiger partial charge in [-0.15, -0.1) is 11.3 Å². The van der Waals surface area contributed by atoms with Crippen LogP contribution in [0.2, 0.25) is 0 Å². The lowest BCUT2D eigenvalue weighted by molar-refractivity contribution is -0.137. The fourth-order valence-corrected chi connectivity index (χ4v) is 2.63. The van der Waals surface area contributed by atoms with Crippen LogP contribution in [-0.4, -0.2) is 26.2 Å². The molecule has 0 unspecified atom stereocenters. The Bertz CT molecular complexity index is 672. The summed E-state index contributed by atoms with van der Waals surface area (Å²) in [7, 11) is 1.49. The molecule has 24 heavy (non-hydrogen) atoms. The van der Waals surface area contributed by atoms with E-state index in [4.69, 9.17) is 9.47 Å². The molecular weight excluding hydrogens is 343 g/mol. The van der Waals surface area contributed by atoms with Gasteiger partial charge < -0.3 is 14.8 Å². The van der Waals surface area contributed by atoms with E-state index in [0.29, 0.717) is 0 Å². The molecule has 0 aliphatic heterocycles. The number of ether oxygens (including phenoxy) is 2. The number of benzene rings is 1. The number of rotatable bonds is 7. The van der Waals surface area contributed by atoms with Gasteiger partial charge in [-0.05, 0) is 29.6 Å². The van der Waals surface area contributed by atoms with Crippen LogP contribution in [0.1, 0.15) is 10.4 Å². The summed E-state index contributed by atoms with van der Waals surface area (Å²) in [6.45, 7) is 0.444. The lowest BCUT2D eigenvalue weighted by Crippen LogP contribution is -2.16. The van der Waals surface area contributed by atoms with Crippen LogP contribution < -0.4 is 10.1 Å². The maximum Gasteiger partial charge on any atom is 0.416 e. The number of anilines is 1. The molecule has 1 amide bonds. The molecular formula is C16H16F3NO3S. The van der Waals surface area contributed by atoms with E-state index < -0.39 is 17.6 Å². The molecule has 1 aromatic heterocycles. The number of carbonyl (C=O) groups is 1. The second-order valence-corrected chi connectivity index (χ2v) is 5.89. The quantitative estimate of drug-likeness (QED) is 0.761. The van der Waals surface area contributed by atoms with Crippen molar-refractivity contribution in [3.05, 3.63) is 46.2 Å². The summed E-state index contributed by atoms with van der Waals surface area (Å²) in [4.78, 5) is 12.9. The molecule has 1 aromatic carbocycles. The second kappa shape index (κ2) is 8.16. The number of methoxy groups -OCH3 is 1. The zero-order chi connectivity index (χ0) is 17.6. The number of carbonyl (C=O) groups excluding carboxylic acids is 1. The van der Waals surface area contributed by atoms with Crippen LogP contribution in [0.4, 0.5) is 18.9 Å². The van der Waals surface area contributed by atoms with Crippen molar-refractivity contribution in [3.63, 3.8) is 0 Å². The molecule has 0 fully saturated rings. The Labute approximate surface area is 141 Å². The van der Waals surface area contributed by atoms with Crippen molar-refractivity contribution >= 4 is 22.9 Å². The third-order valence-corrected chi connectivity index (χ3v) is 3.92. The number of hydrogen-bond donors (Lipinski definition) is 1. The number of nitrogens with one attached hydrogen (secondary N) is 1. The molecule has 4 nitrogen and oxygen atoms in total. The monoisotopic (exact) mass is 359 g/mol. The van der Waals surface area contributed by atoms with Gasteiger partial charge in [0.15, 0.2) is 0 Å². The van der Waals surface area contributed by atoms with E-state index >= 15 is 0 Å². The highest BCUT2D eigenvalue weighted by Crippen LogP contribution is 2.35. The maximum absolute atomic E-state index is 12.9. The lowest BCUT2D eigenvalue weighted by Gasteiger charge is -2.15. The predicted molar refractivity (Wildman–Crippen MR) is 85.5 cm³/mol. The van der Waals surface area contributed by atoms with Crippen LogP contribution in [-0.2, 0) is 22.1 Å². The van der Waals surface area contributed by atoms with Gasteiger partial charge in [0.25, 0.3) is 0 Å². The smallest absolute Gasteiger partial charge is 0.416 e. The SMILES string of the molecule is COCCOc1ccc(C(F)(F)F)cc1NC(=O)Cc1cccs1. The molecule has 0 aliphatic rings. The molecule has 0 saturated carbocycles. The molecule has 1 heterocycles. The zero-order valence-electron chi connectivity index (χ0n) is 12.9. The summed E-state index contributed by atoms with van der Waals surface area (Å²) in [6, 6.07) is 6.56. The number of alkyl halides is 3. The Kier molecular flexibility index (Phi) is 6.22. The molecule has 0 spiro atoms. The van der Waals surface area contributed by atoms with Gasteiger partial charge in [-0.25, -0.2) is 0 Å². The van der Waals surface area contributed by atoms with Crippen molar-refractivity contribution in [2.24, 2.45) is 0 Å². The third kappa shape index (κ3) is 5.24. The van der Waals surface area contributed by atoms with Gasteiger partial charge in [-0.2, -0.15) is 13.2 Å². The van der Waals surface area contributed by atoms with Crippen LogP contribution >= 0.6 is 11.3 Å². The molecule has 0 saturated heterocycles. The first-order valence-electron chi connectivity index (χ1n) is 7.05. The topological polar surface area (TPSA) is 47.6 Å². The van der Waals surface area contributed by atoms with E-state index in [-0.39, 0.29) is 31.1 Å². The van der Waals surface area contributed by atoms with Crippen LogP contribution in [0.15, 0.2) is 35.7 Å². The number of hydrogen-bond acceptors (Lipinski definition) is 4. The molecule has 0 radical (unpaired) electrons. The summed E-state index contributed by atoms with van der Waals surface area (Å²) in [5.74, 6) is -0.243. The van der Waals surface area contributed by atoms with E-state index in [1.54, 1.807) is 12.1 Å². The first-order chi connectivity index (χ1) is 11.4. The van der Waals surface area contributed by atoms with Crippen LogP contribution in [0, 0.1) is 0 Å². The Morgan fingerprint density at radius 3 is 2.67 bits per heavy atom. The zero-order valence-corrected chi connectivity index (χ0v) is 13.7. The highest BCUT2D eigenvalue weighted by atomic mass is 32.1. The predicted octanol–water partition coefficient (Wildman–Crippen LogP) is 3.97. The second-order valence-electron chi connectivity index (χ2n) is 4.85. The van der Waals surface area contributed by atoms with E-state index in [2.05, 4.69) is 5.32 Å². The van der Waals surface area contributed by atoms with Gasteiger partial charge in [-0.1, -0.05) is 6.07 Å². The number of amides is 1. The van der Waals surface area contributed by atoms with E-state index in [1.807, 2.05) is 5.38 Å². The van der Waals surface area contributed by atoms with E-state index in [1.165, 1.54) is 24.5 Å². The number of halogens is 3. The van der Waals surface area contributed by atoms with Crippen molar-refractivity contribution in [1.82, 2.24) is 0 Å². The fourth-order valence-electron chi connectivity index (χ4n) is 1.93. The minimum Gasteiger partial charge on any atom is -0.489 e. The van der Waals surface area contributed by atoms with Crippen molar-refractivity contribution < 1.29 is 27.4 Å². The molecule has 0 bridgehead atoms. The highest BCUT2D eigenvalue weighted by Gasteiger charge is 2.31. The molecule has 0 aliphatic carbocycles. The third-order valence-electron chi connectivity index (χ3n) is 3.04. The van der Waals surface area contributed by atoms with Gasteiger partial charge in [-0.3, -0.25) is 4.79 Å². The normalized spacial score (nSPS) is 11.3.